The minimum Gasteiger partial charge on any atom is -0.444 e. The maximum Gasteiger partial charge on any atom is 0.408 e. The number of amides is 1. The van der Waals surface area contributed by atoms with Gasteiger partial charge in [-0.3, -0.25) is 4.98 Å². The highest BCUT2D eigenvalue weighted by Gasteiger charge is 2.25. The first-order valence-corrected chi connectivity index (χ1v) is 10.8. The van der Waals surface area contributed by atoms with Crippen LogP contribution in [0.25, 0.3) is 22.0 Å². The zero-order valence-corrected chi connectivity index (χ0v) is 19.0. The average Bonchev–Trinajstić information content (AvgIpc) is 2.76. The number of rotatable bonds is 5. The third-order valence-electron chi connectivity index (χ3n) is 5.04. The molecule has 34 heavy (non-hydrogen) atoms. The smallest absolute Gasteiger partial charge is 0.408 e. The van der Waals surface area contributed by atoms with Gasteiger partial charge in [-0.1, -0.05) is 18.2 Å². The van der Waals surface area contributed by atoms with Crippen LogP contribution in [0.5, 0.6) is 0 Å². The number of nitrogens with zero attached hydrogens (tertiary/aromatic N) is 3. The molecule has 0 saturated heterocycles. The monoisotopic (exact) mass is 462 g/mol. The summed E-state index contributed by atoms with van der Waals surface area (Å²) in [5.41, 5.74) is 2.37. The van der Waals surface area contributed by atoms with Crippen LogP contribution in [0.4, 0.5) is 13.6 Å². The Morgan fingerprint density at radius 1 is 1.06 bits per heavy atom. The van der Waals surface area contributed by atoms with Gasteiger partial charge in [0.15, 0.2) is 0 Å². The van der Waals surface area contributed by atoms with Crippen molar-refractivity contribution in [2.75, 3.05) is 0 Å². The number of carbonyl (C=O) groups excluding carboxylic acids is 1. The number of nitrogens with one attached hydrogen (secondary N) is 1. The summed E-state index contributed by atoms with van der Waals surface area (Å²) in [6.45, 7) is 5.26. The third kappa shape index (κ3) is 5.70. The van der Waals surface area contributed by atoms with Crippen LogP contribution >= 0.6 is 0 Å². The van der Waals surface area contributed by atoms with Crippen LogP contribution in [0.15, 0.2) is 67.3 Å². The maximum atomic E-state index is 13.9. The Bertz CT molecular complexity index is 1320. The molecular formula is C26H24F2N4O2. The van der Waals surface area contributed by atoms with Crippen LogP contribution in [-0.2, 0) is 11.2 Å². The lowest BCUT2D eigenvalue weighted by Gasteiger charge is -2.24. The van der Waals surface area contributed by atoms with Gasteiger partial charge in [0.2, 0.25) is 0 Å². The van der Waals surface area contributed by atoms with E-state index < -0.39 is 29.4 Å². The number of pyridine rings is 1. The average molecular weight is 463 g/mol. The van der Waals surface area contributed by atoms with E-state index in [1.807, 2.05) is 30.3 Å². The molecule has 4 rings (SSSR count). The Balaban J connectivity index is 1.76. The van der Waals surface area contributed by atoms with E-state index in [4.69, 9.17) is 4.74 Å². The van der Waals surface area contributed by atoms with Gasteiger partial charge in [0.1, 0.15) is 23.6 Å². The molecule has 0 bridgehead atoms. The van der Waals surface area contributed by atoms with Crippen molar-refractivity contribution >= 4 is 17.0 Å². The number of benzene rings is 2. The van der Waals surface area contributed by atoms with E-state index >= 15 is 0 Å². The molecule has 0 spiro atoms. The molecule has 0 fully saturated rings. The molecule has 1 atom stereocenters. The summed E-state index contributed by atoms with van der Waals surface area (Å²) in [5.74, 6) is -1.40. The number of hydrogen-bond donors (Lipinski definition) is 1. The molecule has 8 heteroatoms. The van der Waals surface area contributed by atoms with Crippen LogP contribution in [0, 0.1) is 11.6 Å². The molecule has 0 aliphatic heterocycles. The summed E-state index contributed by atoms with van der Waals surface area (Å²) >= 11 is 0. The molecule has 1 unspecified atom stereocenters. The molecular weight excluding hydrogens is 438 g/mol. The topological polar surface area (TPSA) is 77.0 Å². The first-order valence-electron chi connectivity index (χ1n) is 10.8. The summed E-state index contributed by atoms with van der Waals surface area (Å²) in [4.78, 5) is 25.7. The molecule has 1 amide bonds. The second-order valence-electron chi connectivity index (χ2n) is 8.91. The number of fused-ring (bicyclic) bond motifs is 1. The van der Waals surface area contributed by atoms with E-state index in [2.05, 4.69) is 20.3 Å². The second kappa shape index (κ2) is 9.51. The summed E-state index contributed by atoms with van der Waals surface area (Å²) in [6.07, 6.45) is 4.14. The van der Waals surface area contributed by atoms with Gasteiger partial charge >= 0.3 is 6.09 Å². The SMILES string of the molecule is CC(C)(C)OC(=O)NC(Cc1cc(F)cc(F)c1)c1ncncc1-c1ccc2cccnc2c1. The molecule has 0 aliphatic carbocycles. The first kappa shape index (κ1) is 23.2. The number of aromatic nitrogens is 3. The second-order valence-corrected chi connectivity index (χ2v) is 8.91. The van der Waals surface area contributed by atoms with Crippen molar-refractivity contribution < 1.29 is 18.3 Å². The lowest BCUT2D eigenvalue weighted by Crippen LogP contribution is -2.36. The quantitative estimate of drug-likeness (QED) is 0.407. The fraction of sp³-hybridized carbons (Fsp3) is 0.231. The van der Waals surface area contributed by atoms with Gasteiger partial charge in [-0.2, -0.15) is 0 Å². The maximum absolute atomic E-state index is 13.9. The molecule has 4 aromatic rings. The van der Waals surface area contributed by atoms with Gasteiger partial charge in [0.05, 0.1) is 17.3 Å². The molecule has 2 aromatic heterocycles. The summed E-state index contributed by atoms with van der Waals surface area (Å²) in [7, 11) is 0. The third-order valence-corrected chi connectivity index (χ3v) is 5.04. The summed E-state index contributed by atoms with van der Waals surface area (Å²) in [5, 5.41) is 3.79. The number of ether oxygens (including phenoxy) is 1. The van der Waals surface area contributed by atoms with E-state index in [9.17, 15) is 13.6 Å². The molecule has 2 aromatic carbocycles. The molecule has 174 valence electrons. The number of carbonyl (C=O) groups is 1. The Labute approximate surface area is 196 Å². The summed E-state index contributed by atoms with van der Waals surface area (Å²) in [6, 6.07) is 12.1. The zero-order valence-electron chi connectivity index (χ0n) is 19.0. The van der Waals surface area contributed by atoms with Crippen molar-refractivity contribution in [2.24, 2.45) is 0 Å². The van der Waals surface area contributed by atoms with E-state index in [1.54, 1.807) is 33.2 Å². The van der Waals surface area contributed by atoms with Crippen LogP contribution < -0.4 is 5.32 Å². The van der Waals surface area contributed by atoms with Crippen molar-refractivity contribution in [2.45, 2.75) is 38.8 Å². The fourth-order valence-corrected chi connectivity index (χ4v) is 3.70. The van der Waals surface area contributed by atoms with Crippen molar-refractivity contribution in [1.82, 2.24) is 20.3 Å². The number of halogens is 2. The van der Waals surface area contributed by atoms with Gasteiger partial charge in [0, 0.05) is 29.4 Å². The predicted molar refractivity (Wildman–Crippen MR) is 125 cm³/mol. The Kier molecular flexibility index (Phi) is 6.49. The lowest BCUT2D eigenvalue weighted by atomic mass is 9.96. The molecule has 2 heterocycles. The standard InChI is InChI=1S/C26H24F2N4O2/c1-26(2,3)34-25(33)32-23(11-16-9-19(27)13-20(28)10-16)24-21(14-29-15-31-24)18-7-6-17-5-4-8-30-22(17)12-18/h4-10,12-15,23H,11H2,1-3H3,(H,32,33). The largest absolute Gasteiger partial charge is 0.444 e. The first-order chi connectivity index (χ1) is 16.2. The van der Waals surface area contributed by atoms with Crippen LogP contribution in [0.2, 0.25) is 0 Å². The van der Waals surface area contributed by atoms with Gasteiger partial charge in [-0.15, -0.1) is 0 Å². The molecule has 6 nitrogen and oxygen atoms in total. The predicted octanol–water partition coefficient (Wildman–Crippen LogP) is 5.78. The van der Waals surface area contributed by atoms with Gasteiger partial charge < -0.3 is 10.1 Å². The van der Waals surface area contributed by atoms with Crippen LogP contribution in [0.3, 0.4) is 0 Å². The highest BCUT2D eigenvalue weighted by molar-refractivity contribution is 5.84. The Morgan fingerprint density at radius 3 is 2.56 bits per heavy atom. The molecule has 1 N–H and O–H groups in total. The van der Waals surface area contributed by atoms with Crippen LogP contribution in [0.1, 0.15) is 38.1 Å². The highest BCUT2D eigenvalue weighted by atomic mass is 19.1. The van der Waals surface area contributed by atoms with Gasteiger partial charge in [-0.05, 0) is 62.6 Å². The van der Waals surface area contributed by atoms with Crippen molar-refractivity contribution in [3.63, 3.8) is 0 Å². The lowest BCUT2D eigenvalue weighted by molar-refractivity contribution is 0.0502. The molecule has 0 radical (unpaired) electrons. The Hall–Kier alpha value is -3.94. The number of hydrogen-bond acceptors (Lipinski definition) is 5. The fourth-order valence-electron chi connectivity index (χ4n) is 3.70. The van der Waals surface area contributed by atoms with Crippen LogP contribution in [-0.4, -0.2) is 26.6 Å². The zero-order chi connectivity index (χ0) is 24.3. The normalized spacial score (nSPS) is 12.4. The van der Waals surface area contributed by atoms with E-state index in [-0.39, 0.29) is 6.42 Å². The minimum atomic E-state index is -0.742. The molecule has 0 aliphatic rings. The Morgan fingerprint density at radius 2 is 1.82 bits per heavy atom. The van der Waals surface area contributed by atoms with Crippen molar-refractivity contribution in [3.05, 3.63) is 90.1 Å². The van der Waals surface area contributed by atoms with E-state index in [0.717, 1.165) is 22.5 Å². The van der Waals surface area contributed by atoms with Gasteiger partial charge in [0.25, 0.3) is 0 Å². The van der Waals surface area contributed by atoms with E-state index in [0.29, 0.717) is 16.8 Å². The molecule has 0 saturated carbocycles. The van der Waals surface area contributed by atoms with Crippen molar-refractivity contribution in [1.29, 1.82) is 0 Å². The summed E-state index contributed by atoms with van der Waals surface area (Å²) < 4.78 is 33.2. The minimum absolute atomic E-state index is 0.0871. The van der Waals surface area contributed by atoms with Crippen molar-refractivity contribution in [3.8, 4) is 11.1 Å². The highest BCUT2D eigenvalue weighted by Crippen LogP contribution is 2.30. The van der Waals surface area contributed by atoms with Gasteiger partial charge in [-0.25, -0.2) is 23.5 Å². The van der Waals surface area contributed by atoms with E-state index in [1.165, 1.54) is 18.5 Å². The number of alkyl carbamates (subject to hydrolysis) is 1.